The summed E-state index contributed by atoms with van der Waals surface area (Å²) in [6, 6.07) is 4.04. The highest BCUT2D eigenvalue weighted by Gasteiger charge is 2.29. The lowest BCUT2D eigenvalue weighted by Gasteiger charge is -2.31. The van der Waals surface area contributed by atoms with E-state index in [0.717, 1.165) is 12.8 Å². The number of hydrogen-bond acceptors (Lipinski definition) is 4. The molecular weight excluding hydrogens is 268 g/mol. The van der Waals surface area contributed by atoms with E-state index >= 15 is 0 Å². The molecule has 1 aliphatic heterocycles. The fourth-order valence-corrected chi connectivity index (χ4v) is 2.65. The normalized spacial score (nSPS) is 19.3. The number of amides is 2. The number of carbonyl (C=O) groups is 2. The van der Waals surface area contributed by atoms with Gasteiger partial charge in [0.15, 0.2) is 0 Å². The summed E-state index contributed by atoms with van der Waals surface area (Å²) in [7, 11) is 0. The number of carbonyl (C=O) groups excluding carboxylic acids is 2. The highest BCUT2D eigenvalue weighted by atomic mass is 16.2. The van der Waals surface area contributed by atoms with E-state index in [4.69, 9.17) is 5.73 Å². The van der Waals surface area contributed by atoms with Crippen molar-refractivity contribution in [2.24, 2.45) is 11.7 Å². The smallest absolute Gasteiger partial charge is 0.257 e. The van der Waals surface area contributed by atoms with Gasteiger partial charge < -0.3 is 16.0 Å². The first-order valence-electron chi connectivity index (χ1n) is 7.45. The third-order valence-electron chi connectivity index (χ3n) is 4.14. The Morgan fingerprint density at radius 3 is 2.57 bits per heavy atom. The lowest BCUT2D eigenvalue weighted by atomic mass is 9.96. The van der Waals surface area contributed by atoms with Crippen LogP contribution in [0.1, 0.15) is 36.0 Å². The summed E-state index contributed by atoms with van der Waals surface area (Å²) in [5.41, 5.74) is 5.94. The molecule has 0 atom stereocenters. The maximum Gasteiger partial charge on any atom is 0.257 e. The second-order valence-electron chi connectivity index (χ2n) is 5.79. The Kier molecular flexibility index (Phi) is 3.77. The first-order valence-corrected chi connectivity index (χ1v) is 7.45. The van der Waals surface area contributed by atoms with E-state index in [2.05, 4.69) is 10.3 Å². The Bertz CT molecular complexity index is 548. The number of nitrogens with one attached hydrogen (secondary N) is 1. The summed E-state index contributed by atoms with van der Waals surface area (Å²) in [6.07, 6.45) is 5.25. The van der Waals surface area contributed by atoms with Crippen molar-refractivity contribution in [1.82, 2.24) is 9.88 Å². The molecule has 3 rings (SSSR count). The van der Waals surface area contributed by atoms with E-state index in [1.54, 1.807) is 23.2 Å². The van der Waals surface area contributed by atoms with Gasteiger partial charge in [-0.15, -0.1) is 0 Å². The molecule has 0 radical (unpaired) electrons. The standard InChI is InChI=1S/C15H20N4O2/c16-13(20)10-5-8-19(9-6-10)15(21)12-2-1-7-17-14(12)18-11-3-4-11/h1-2,7,10-11H,3-6,8-9H2,(H2,16,20)(H,17,18). The first-order chi connectivity index (χ1) is 10.1. The van der Waals surface area contributed by atoms with Crippen molar-refractivity contribution in [2.75, 3.05) is 18.4 Å². The first kappa shape index (κ1) is 13.9. The topological polar surface area (TPSA) is 88.3 Å². The Balaban J connectivity index is 1.69. The number of hydrogen-bond donors (Lipinski definition) is 2. The van der Waals surface area contributed by atoms with Gasteiger partial charge in [0.05, 0.1) is 5.56 Å². The summed E-state index contributed by atoms with van der Waals surface area (Å²) in [6.45, 7) is 1.15. The highest BCUT2D eigenvalue weighted by molar-refractivity contribution is 5.99. The number of nitrogens with zero attached hydrogens (tertiary/aromatic N) is 2. The number of aromatic nitrogens is 1. The second-order valence-corrected chi connectivity index (χ2v) is 5.79. The maximum absolute atomic E-state index is 12.6. The minimum atomic E-state index is -0.264. The van der Waals surface area contributed by atoms with Gasteiger partial charge in [0.2, 0.25) is 5.91 Å². The van der Waals surface area contributed by atoms with Crippen molar-refractivity contribution in [1.29, 1.82) is 0 Å². The second kappa shape index (κ2) is 5.71. The van der Waals surface area contributed by atoms with Crippen molar-refractivity contribution in [3.63, 3.8) is 0 Å². The largest absolute Gasteiger partial charge is 0.369 e. The van der Waals surface area contributed by atoms with Crippen LogP contribution in [-0.4, -0.2) is 40.8 Å². The summed E-state index contributed by atoms with van der Waals surface area (Å²) in [5.74, 6) is 0.280. The number of likely N-dealkylation sites (tertiary alicyclic amines) is 1. The van der Waals surface area contributed by atoms with Gasteiger partial charge >= 0.3 is 0 Å². The Morgan fingerprint density at radius 2 is 1.95 bits per heavy atom. The van der Waals surface area contributed by atoms with E-state index in [1.807, 2.05) is 0 Å². The number of rotatable bonds is 4. The number of piperidine rings is 1. The fraction of sp³-hybridized carbons (Fsp3) is 0.533. The van der Waals surface area contributed by atoms with Crippen molar-refractivity contribution in [3.8, 4) is 0 Å². The SMILES string of the molecule is NC(=O)C1CCN(C(=O)c2cccnc2NC2CC2)CC1. The molecule has 1 aromatic rings. The predicted octanol–water partition coefficient (Wildman–Crippen LogP) is 0.993. The maximum atomic E-state index is 12.6. The van der Waals surface area contributed by atoms with Gasteiger partial charge in [-0.2, -0.15) is 0 Å². The van der Waals surface area contributed by atoms with E-state index in [-0.39, 0.29) is 17.7 Å². The zero-order valence-corrected chi connectivity index (χ0v) is 11.9. The van der Waals surface area contributed by atoms with Crippen LogP contribution in [0.25, 0.3) is 0 Å². The molecule has 6 heteroatoms. The Morgan fingerprint density at radius 1 is 1.24 bits per heavy atom. The summed E-state index contributed by atoms with van der Waals surface area (Å²) >= 11 is 0. The van der Waals surface area contributed by atoms with E-state index in [1.165, 1.54) is 0 Å². The quantitative estimate of drug-likeness (QED) is 0.865. The fourth-order valence-electron chi connectivity index (χ4n) is 2.65. The van der Waals surface area contributed by atoms with Gasteiger partial charge in [0.1, 0.15) is 5.82 Å². The minimum Gasteiger partial charge on any atom is -0.369 e. The molecule has 0 unspecified atom stereocenters. The van der Waals surface area contributed by atoms with Gasteiger partial charge in [-0.05, 0) is 37.8 Å². The molecule has 2 heterocycles. The van der Waals surface area contributed by atoms with Crippen LogP contribution < -0.4 is 11.1 Å². The molecule has 3 N–H and O–H groups in total. The minimum absolute atomic E-state index is 0.0193. The third kappa shape index (κ3) is 3.15. The third-order valence-corrected chi connectivity index (χ3v) is 4.14. The zero-order chi connectivity index (χ0) is 14.8. The summed E-state index contributed by atoms with van der Waals surface area (Å²) in [4.78, 5) is 29.9. The number of nitrogens with two attached hydrogens (primary N) is 1. The number of anilines is 1. The summed E-state index contributed by atoms with van der Waals surface area (Å²) in [5, 5.41) is 3.30. The van der Waals surface area contributed by atoms with Crippen molar-refractivity contribution in [2.45, 2.75) is 31.7 Å². The molecule has 1 aromatic heterocycles. The lowest BCUT2D eigenvalue weighted by molar-refractivity contribution is -0.123. The van der Waals surface area contributed by atoms with Gasteiger partial charge in [-0.1, -0.05) is 0 Å². The number of pyridine rings is 1. The van der Waals surface area contributed by atoms with Crippen molar-refractivity contribution < 1.29 is 9.59 Å². The van der Waals surface area contributed by atoms with Gasteiger partial charge in [-0.3, -0.25) is 9.59 Å². The molecule has 0 aromatic carbocycles. The molecule has 2 fully saturated rings. The van der Waals surface area contributed by atoms with Gasteiger partial charge in [0, 0.05) is 31.2 Å². The molecule has 2 aliphatic rings. The number of primary amides is 1. The van der Waals surface area contributed by atoms with E-state index in [0.29, 0.717) is 43.4 Å². The molecule has 1 saturated heterocycles. The van der Waals surface area contributed by atoms with Crippen LogP contribution >= 0.6 is 0 Å². The molecule has 1 aliphatic carbocycles. The summed E-state index contributed by atoms with van der Waals surface area (Å²) < 4.78 is 0. The van der Waals surface area contributed by atoms with Crippen LogP contribution in [0.5, 0.6) is 0 Å². The Hall–Kier alpha value is -2.11. The molecule has 112 valence electrons. The van der Waals surface area contributed by atoms with Crippen LogP contribution in [-0.2, 0) is 4.79 Å². The zero-order valence-electron chi connectivity index (χ0n) is 11.9. The van der Waals surface area contributed by atoms with Gasteiger partial charge in [0.25, 0.3) is 5.91 Å². The van der Waals surface area contributed by atoms with Crippen LogP contribution in [0, 0.1) is 5.92 Å². The van der Waals surface area contributed by atoms with Crippen LogP contribution in [0.15, 0.2) is 18.3 Å². The van der Waals surface area contributed by atoms with E-state index < -0.39 is 0 Å². The molecule has 1 saturated carbocycles. The predicted molar refractivity (Wildman–Crippen MR) is 78.7 cm³/mol. The molecular formula is C15H20N4O2. The van der Waals surface area contributed by atoms with Crippen molar-refractivity contribution in [3.05, 3.63) is 23.9 Å². The molecule has 21 heavy (non-hydrogen) atoms. The van der Waals surface area contributed by atoms with Crippen LogP contribution in [0.4, 0.5) is 5.82 Å². The average molecular weight is 288 g/mol. The monoisotopic (exact) mass is 288 g/mol. The highest BCUT2D eigenvalue weighted by Crippen LogP contribution is 2.26. The molecule has 2 amide bonds. The molecule has 0 bridgehead atoms. The molecule has 0 spiro atoms. The van der Waals surface area contributed by atoms with Gasteiger partial charge in [-0.25, -0.2) is 4.98 Å². The van der Waals surface area contributed by atoms with Crippen molar-refractivity contribution >= 4 is 17.6 Å². The molecule has 6 nitrogen and oxygen atoms in total. The van der Waals surface area contributed by atoms with Crippen LogP contribution in [0.2, 0.25) is 0 Å². The lowest BCUT2D eigenvalue weighted by Crippen LogP contribution is -2.42. The van der Waals surface area contributed by atoms with E-state index in [9.17, 15) is 9.59 Å². The Labute approximate surface area is 123 Å². The average Bonchev–Trinajstić information content (AvgIpc) is 3.31. The van der Waals surface area contributed by atoms with Crippen LogP contribution in [0.3, 0.4) is 0 Å².